The Morgan fingerprint density at radius 3 is 2.13 bits per heavy atom. The first-order chi connectivity index (χ1) is 6.86. The van der Waals surface area contributed by atoms with Crippen molar-refractivity contribution in [1.82, 2.24) is 0 Å². The number of aryl methyl sites for hydroxylation is 1. The second kappa shape index (κ2) is 3.90. The van der Waals surface area contributed by atoms with Crippen LogP contribution in [0.2, 0.25) is 5.02 Å². The van der Waals surface area contributed by atoms with Gasteiger partial charge in [0.2, 0.25) is 0 Å². The van der Waals surface area contributed by atoms with Crippen LogP contribution in [-0.2, 0) is 0 Å². The van der Waals surface area contributed by atoms with E-state index in [0.717, 1.165) is 0 Å². The highest BCUT2D eigenvalue weighted by Crippen LogP contribution is 2.27. The molecule has 0 aliphatic heterocycles. The van der Waals surface area contributed by atoms with E-state index in [1.165, 1.54) is 13.0 Å². The Balaban J connectivity index is 3.58. The van der Waals surface area contributed by atoms with Gasteiger partial charge in [-0.3, -0.25) is 0 Å². The molecule has 0 saturated heterocycles. The highest BCUT2D eigenvalue weighted by atomic mass is 35.5. The molecule has 0 aliphatic carbocycles. The molecule has 0 bridgehead atoms. The highest BCUT2D eigenvalue weighted by molar-refractivity contribution is 6.34. The smallest absolute Gasteiger partial charge is 0.337 e. The fourth-order valence-corrected chi connectivity index (χ4v) is 1.67. The monoisotopic (exact) mass is 228 g/mol. The molecule has 0 amide bonds. The van der Waals surface area contributed by atoms with Crippen molar-refractivity contribution in [2.24, 2.45) is 0 Å². The van der Waals surface area contributed by atoms with Crippen molar-refractivity contribution in [3.63, 3.8) is 0 Å². The number of carboxylic acid groups (broad SMARTS) is 2. The number of hydrogen-bond donors (Lipinski definition) is 2. The number of aromatic carboxylic acids is 2. The molecule has 0 atom stereocenters. The summed E-state index contributed by atoms with van der Waals surface area (Å²) in [7, 11) is 0. The molecule has 0 saturated carbocycles. The van der Waals surface area contributed by atoms with Gasteiger partial charge in [0, 0.05) is 0 Å². The molecule has 0 aromatic heterocycles. The van der Waals surface area contributed by atoms with Crippen molar-refractivity contribution < 1.29 is 19.8 Å². The van der Waals surface area contributed by atoms with Gasteiger partial charge in [-0.25, -0.2) is 9.59 Å². The molecule has 0 heterocycles. The molecule has 0 spiro atoms. The van der Waals surface area contributed by atoms with Crippen LogP contribution >= 0.6 is 11.6 Å². The van der Waals surface area contributed by atoms with E-state index in [0.29, 0.717) is 5.56 Å². The van der Waals surface area contributed by atoms with Crippen LogP contribution in [0.1, 0.15) is 31.8 Å². The predicted octanol–water partition coefficient (Wildman–Crippen LogP) is 2.35. The van der Waals surface area contributed by atoms with Gasteiger partial charge in [-0.2, -0.15) is 0 Å². The molecular weight excluding hydrogens is 220 g/mol. The van der Waals surface area contributed by atoms with Crippen LogP contribution in [0.15, 0.2) is 6.07 Å². The molecule has 0 unspecified atom stereocenters. The maximum absolute atomic E-state index is 10.9. The quantitative estimate of drug-likeness (QED) is 0.815. The first kappa shape index (κ1) is 11.5. The lowest BCUT2D eigenvalue weighted by molar-refractivity contribution is 0.0680. The largest absolute Gasteiger partial charge is 0.478 e. The van der Waals surface area contributed by atoms with Crippen molar-refractivity contribution in [3.05, 3.63) is 33.3 Å². The zero-order valence-corrected chi connectivity index (χ0v) is 8.92. The summed E-state index contributed by atoms with van der Waals surface area (Å²) in [6, 6.07) is 1.26. The summed E-state index contributed by atoms with van der Waals surface area (Å²) in [6.45, 7) is 3.03. The topological polar surface area (TPSA) is 74.6 Å². The van der Waals surface area contributed by atoms with E-state index in [1.54, 1.807) is 6.92 Å². The Labute approximate surface area is 91.1 Å². The SMILES string of the molecule is Cc1cc(C(=O)O)c(Cl)c(C)c1C(=O)O. The molecule has 0 radical (unpaired) electrons. The molecule has 80 valence electrons. The molecule has 0 fully saturated rings. The van der Waals surface area contributed by atoms with Crippen LogP contribution < -0.4 is 0 Å². The number of carbonyl (C=O) groups is 2. The van der Waals surface area contributed by atoms with Gasteiger partial charge < -0.3 is 10.2 Å². The average Bonchev–Trinajstić information content (AvgIpc) is 2.10. The Morgan fingerprint density at radius 2 is 1.73 bits per heavy atom. The zero-order chi connectivity index (χ0) is 11.7. The minimum absolute atomic E-state index is 0.0227. The minimum atomic E-state index is -1.16. The summed E-state index contributed by atoms with van der Waals surface area (Å²) >= 11 is 5.77. The van der Waals surface area contributed by atoms with Crippen molar-refractivity contribution in [3.8, 4) is 0 Å². The third-order valence-corrected chi connectivity index (χ3v) is 2.63. The van der Waals surface area contributed by atoms with Gasteiger partial charge in [-0.1, -0.05) is 11.6 Å². The maximum Gasteiger partial charge on any atom is 0.337 e. The fraction of sp³-hybridized carbons (Fsp3) is 0.200. The van der Waals surface area contributed by atoms with Crippen LogP contribution in [-0.4, -0.2) is 22.2 Å². The third-order valence-electron chi connectivity index (χ3n) is 2.14. The second-order valence-electron chi connectivity index (χ2n) is 3.17. The Bertz CT molecular complexity index is 451. The zero-order valence-electron chi connectivity index (χ0n) is 8.17. The first-order valence-corrected chi connectivity index (χ1v) is 4.50. The summed E-state index contributed by atoms with van der Waals surface area (Å²) in [5, 5.41) is 17.7. The standard InChI is InChI=1S/C10H9ClO4/c1-4-3-6(9(12)13)8(11)5(2)7(4)10(14)15/h3H,1-2H3,(H,12,13)(H,14,15). The van der Waals surface area contributed by atoms with Gasteiger partial charge in [-0.15, -0.1) is 0 Å². The van der Waals surface area contributed by atoms with E-state index in [-0.39, 0.29) is 21.7 Å². The highest BCUT2D eigenvalue weighted by Gasteiger charge is 2.19. The van der Waals surface area contributed by atoms with Crippen LogP contribution in [0.5, 0.6) is 0 Å². The lowest BCUT2D eigenvalue weighted by atomic mass is 9.99. The fourth-order valence-electron chi connectivity index (χ4n) is 1.44. The number of hydrogen-bond acceptors (Lipinski definition) is 2. The number of benzene rings is 1. The Morgan fingerprint density at radius 1 is 1.20 bits per heavy atom. The molecule has 4 nitrogen and oxygen atoms in total. The van der Waals surface area contributed by atoms with Crippen molar-refractivity contribution >= 4 is 23.5 Å². The van der Waals surface area contributed by atoms with Crippen LogP contribution in [0.3, 0.4) is 0 Å². The van der Waals surface area contributed by atoms with Crippen molar-refractivity contribution in [2.45, 2.75) is 13.8 Å². The molecule has 1 aromatic carbocycles. The van der Waals surface area contributed by atoms with Crippen LogP contribution in [0, 0.1) is 13.8 Å². The molecule has 15 heavy (non-hydrogen) atoms. The normalized spacial score (nSPS) is 10.1. The third kappa shape index (κ3) is 1.94. The van der Waals surface area contributed by atoms with E-state index in [2.05, 4.69) is 0 Å². The van der Waals surface area contributed by atoms with Gasteiger partial charge in [0.05, 0.1) is 16.1 Å². The molecule has 0 aliphatic rings. The van der Waals surface area contributed by atoms with E-state index in [4.69, 9.17) is 21.8 Å². The second-order valence-corrected chi connectivity index (χ2v) is 3.54. The van der Waals surface area contributed by atoms with Gasteiger partial charge in [0.1, 0.15) is 0 Å². The molecular formula is C10H9ClO4. The van der Waals surface area contributed by atoms with Crippen molar-refractivity contribution in [1.29, 1.82) is 0 Å². The van der Waals surface area contributed by atoms with E-state index in [1.807, 2.05) is 0 Å². The summed E-state index contributed by atoms with van der Waals surface area (Å²) in [6.07, 6.45) is 0. The lowest BCUT2D eigenvalue weighted by Crippen LogP contribution is -2.08. The maximum atomic E-state index is 10.9. The van der Waals surface area contributed by atoms with Gasteiger partial charge in [-0.05, 0) is 31.0 Å². The summed E-state index contributed by atoms with van der Waals surface area (Å²) < 4.78 is 0. The predicted molar refractivity (Wildman–Crippen MR) is 54.8 cm³/mol. The number of carboxylic acids is 2. The van der Waals surface area contributed by atoms with E-state index >= 15 is 0 Å². The number of halogens is 1. The Kier molecular flexibility index (Phi) is 3.00. The molecule has 1 aromatic rings. The number of rotatable bonds is 2. The van der Waals surface area contributed by atoms with Gasteiger partial charge in [0.25, 0.3) is 0 Å². The van der Waals surface area contributed by atoms with Crippen LogP contribution in [0.4, 0.5) is 0 Å². The lowest BCUT2D eigenvalue weighted by Gasteiger charge is -2.09. The van der Waals surface area contributed by atoms with Crippen molar-refractivity contribution in [2.75, 3.05) is 0 Å². The minimum Gasteiger partial charge on any atom is -0.478 e. The van der Waals surface area contributed by atoms with Crippen LogP contribution in [0.25, 0.3) is 0 Å². The van der Waals surface area contributed by atoms with E-state index < -0.39 is 11.9 Å². The average molecular weight is 229 g/mol. The molecule has 2 N–H and O–H groups in total. The molecule has 5 heteroatoms. The summed E-state index contributed by atoms with van der Waals surface area (Å²) in [5.74, 6) is -2.27. The van der Waals surface area contributed by atoms with Gasteiger partial charge >= 0.3 is 11.9 Å². The summed E-state index contributed by atoms with van der Waals surface area (Å²) in [4.78, 5) is 21.6. The first-order valence-electron chi connectivity index (χ1n) is 4.12. The Hall–Kier alpha value is -1.55. The van der Waals surface area contributed by atoms with E-state index in [9.17, 15) is 9.59 Å². The van der Waals surface area contributed by atoms with Gasteiger partial charge in [0.15, 0.2) is 0 Å². The summed E-state index contributed by atoms with van der Waals surface area (Å²) in [5.41, 5.74) is 0.657. The molecule has 1 rings (SSSR count).